The van der Waals surface area contributed by atoms with Crippen molar-refractivity contribution in [3.8, 4) is 5.75 Å². The third-order valence-electron chi connectivity index (χ3n) is 4.71. The van der Waals surface area contributed by atoms with E-state index in [9.17, 15) is 23.3 Å². The fourth-order valence-corrected chi connectivity index (χ4v) is 3.71. The highest BCUT2D eigenvalue weighted by molar-refractivity contribution is 7.90. The highest BCUT2D eigenvalue weighted by Crippen LogP contribution is 2.23. The van der Waals surface area contributed by atoms with Crippen LogP contribution in [0.25, 0.3) is 0 Å². The molecule has 0 unspecified atom stereocenters. The summed E-state index contributed by atoms with van der Waals surface area (Å²) in [6, 6.07) is 13.1. The number of aromatic nitrogens is 2. The van der Waals surface area contributed by atoms with Gasteiger partial charge in [-0.15, -0.1) is 0 Å². The van der Waals surface area contributed by atoms with Crippen LogP contribution in [0.15, 0.2) is 59.6 Å². The summed E-state index contributed by atoms with van der Waals surface area (Å²) < 4.78 is 28.9. The van der Waals surface area contributed by atoms with Gasteiger partial charge in [0.1, 0.15) is 17.6 Å². The van der Waals surface area contributed by atoms with Crippen LogP contribution in [-0.4, -0.2) is 47.2 Å². The van der Waals surface area contributed by atoms with E-state index in [1.807, 2.05) is 0 Å². The molecule has 0 aliphatic rings. The number of nitrogens with zero attached hydrogens (tertiary/aromatic N) is 3. The number of aryl methyl sites for hydroxylation is 2. The lowest BCUT2D eigenvalue weighted by Gasteiger charge is -2.09. The SMILES string of the molecule is CS(=O)(=O)c1cccc(CCc2nc(Nc3ccc(OCCC(=O)O)cc3)ncc2[N+](=O)[O-])c1. The number of ether oxygens (including phenoxy) is 1. The summed E-state index contributed by atoms with van der Waals surface area (Å²) >= 11 is 0. The van der Waals surface area contributed by atoms with E-state index in [-0.39, 0.29) is 41.7 Å². The lowest BCUT2D eigenvalue weighted by molar-refractivity contribution is -0.386. The first-order valence-electron chi connectivity index (χ1n) is 10.1. The molecule has 0 saturated carbocycles. The molecule has 0 atom stereocenters. The standard InChI is InChI=1S/C22H22N4O7S/c1-34(31,32)18-4-2-3-15(13-18)5-10-19-20(26(29)30)14-23-22(25-19)24-16-6-8-17(9-7-16)33-12-11-21(27)28/h2-4,6-9,13-14H,5,10-12H2,1H3,(H,27,28)(H,23,24,25). The zero-order valence-electron chi connectivity index (χ0n) is 18.2. The molecule has 12 heteroatoms. The molecule has 1 heterocycles. The molecule has 0 aliphatic carbocycles. The summed E-state index contributed by atoms with van der Waals surface area (Å²) in [5, 5.41) is 23.0. The number of carboxylic acid groups (broad SMARTS) is 1. The van der Waals surface area contributed by atoms with Gasteiger partial charge in [-0.05, 0) is 48.4 Å². The summed E-state index contributed by atoms with van der Waals surface area (Å²) in [6.07, 6.45) is 2.69. The molecular weight excluding hydrogens is 464 g/mol. The van der Waals surface area contributed by atoms with Crippen LogP contribution in [0, 0.1) is 10.1 Å². The van der Waals surface area contributed by atoms with Crippen molar-refractivity contribution in [2.75, 3.05) is 18.2 Å². The summed E-state index contributed by atoms with van der Waals surface area (Å²) in [5.74, 6) is -0.300. The largest absolute Gasteiger partial charge is 0.493 e. The van der Waals surface area contributed by atoms with Crippen LogP contribution >= 0.6 is 0 Å². The third kappa shape index (κ3) is 6.97. The molecule has 0 aliphatic heterocycles. The summed E-state index contributed by atoms with van der Waals surface area (Å²) in [7, 11) is -3.36. The Bertz CT molecular complexity index is 1290. The van der Waals surface area contributed by atoms with Gasteiger partial charge >= 0.3 is 11.7 Å². The van der Waals surface area contributed by atoms with Crippen LogP contribution in [-0.2, 0) is 27.5 Å². The molecule has 3 rings (SSSR count). The minimum atomic E-state index is -3.36. The van der Waals surface area contributed by atoms with Crippen molar-refractivity contribution in [2.24, 2.45) is 0 Å². The van der Waals surface area contributed by atoms with Gasteiger partial charge in [0.25, 0.3) is 0 Å². The first kappa shape index (κ1) is 24.6. The molecule has 0 spiro atoms. The van der Waals surface area contributed by atoms with Gasteiger partial charge in [-0.1, -0.05) is 12.1 Å². The smallest absolute Gasteiger partial charge is 0.309 e. The van der Waals surface area contributed by atoms with E-state index >= 15 is 0 Å². The van der Waals surface area contributed by atoms with Crippen molar-refractivity contribution >= 4 is 33.1 Å². The Morgan fingerprint density at radius 2 is 1.91 bits per heavy atom. The van der Waals surface area contributed by atoms with Crippen LogP contribution in [0.2, 0.25) is 0 Å². The predicted molar refractivity (Wildman–Crippen MR) is 123 cm³/mol. The van der Waals surface area contributed by atoms with Crippen LogP contribution < -0.4 is 10.1 Å². The highest BCUT2D eigenvalue weighted by atomic mass is 32.2. The van der Waals surface area contributed by atoms with E-state index in [0.29, 0.717) is 23.4 Å². The maximum atomic E-state index is 11.8. The molecule has 0 saturated heterocycles. The van der Waals surface area contributed by atoms with Gasteiger partial charge in [0.05, 0.1) is 22.8 Å². The maximum absolute atomic E-state index is 11.8. The second kappa shape index (κ2) is 10.7. The number of nitro groups is 1. The minimum absolute atomic E-state index is 0.0457. The minimum Gasteiger partial charge on any atom is -0.493 e. The number of carbonyl (C=O) groups is 1. The summed E-state index contributed by atoms with van der Waals surface area (Å²) in [6.45, 7) is 0.0457. The van der Waals surface area contributed by atoms with Gasteiger partial charge in [-0.25, -0.2) is 18.4 Å². The molecular formula is C22H22N4O7S. The van der Waals surface area contributed by atoms with Crippen molar-refractivity contribution < 1.29 is 28.0 Å². The van der Waals surface area contributed by atoms with Gasteiger partial charge < -0.3 is 15.2 Å². The maximum Gasteiger partial charge on any atom is 0.309 e. The number of rotatable bonds is 11. The van der Waals surface area contributed by atoms with E-state index in [0.717, 1.165) is 12.5 Å². The molecule has 0 fully saturated rings. The summed E-state index contributed by atoms with van der Waals surface area (Å²) in [5.41, 5.74) is 1.29. The average Bonchev–Trinajstić information content (AvgIpc) is 2.78. The number of hydrogen-bond acceptors (Lipinski definition) is 9. The lowest BCUT2D eigenvalue weighted by atomic mass is 10.1. The Balaban J connectivity index is 1.72. The topological polar surface area (TPSA) is 162 Å². The van der Waals surface area contributed by atoms with E-state index in [1.54, 1.807) is 42.5 Å². The Kier molecular flexibility index (Phi) is 7.74. The molecule has 0 radical (unpaired) electrons. The van der Waals surface area contributed by atoms with E-state index in [4.69, 9.17) is 9.84 Å². The zero-order chi connectivity index (χ0) is 24.7. The van der Waals surface area contributed by atoms with Gasteiger partial charge in [0.2, 0.25) is 5.95 Å². The van der Waals surface area contributed by atoms with E-state index in [2.05, 4.69) is 15.3 Å². The van der Waals surface area contributed by atoms with Crippen LogP contribution in [0.1, 0.15) is 17.7 Å². The average molecular weight is 487 g/mol. The Labute approximate surface area is 195 Å². The number of anilines is 2. The fraction of sp³-hybridized carbons (Fsp3) is 0.227. The molecule has 34 heavy (non-hydrogen) atoms. The van der Waals surface area contributed by atoms with Crippen molar-refractivity contribution in [2.45, 2.75) is 24.2 Å². The molecule has 0 amide bonds. The fourth-order valence-electron chi connectivity index (χ4n) is 3.02. The van der Waals surface area contributed by atoms with Crippen LogP contribution in [0.3, 0.4) is 0 Å². The molecule has 178 valence electrons. The third-order valence-corrected chi connectivity index (χ3v) is 5.82. The van der Waals surface area contributed by atoms with Gasteiger partial charge in [0.15, 0.2) is 9.84 Å². The Hall–Kier alpha value is -4.06. The highest BCUT2D eigenvalue weighted by Gasteiger charge is 2.18. The first-order valence-corrected chi connectivity index (χ1v) is 12.0. The number of benzene rings is 2. The number of nitrogens with one attached hydrogen (secondary N) is 1. The van der Waals surface area contributed by atoms with Gasteiger partial charge in [-0.3, -0.25) is 14.9 Å². The van der Waals surface area contributed by atoms with Crippen LogP contribution in [0.5, 0.6) is 5.75 Å². The van der Waals surface area contributed by atoms with Crippen molar-refractivity contribution in [1.82, 2.24) is 9.97 Å². The lowest BCUT2D eigenvalue weighted by Crippen LogP contribution is -2.06. The van der Waals surface area contributed by atoms with Crippen molar-refractivity contribution in [1.29, 1.82) is 0 Å². The Morgan fingerprint density at radius 3 is 2.56 bits per heavy atom. The van der Waals surface area contributed by atoms with E-state index < -0.39 is 20.7 Å². The number of carboxylic acids is 1. The van der Waals surface area contributed by atoms with Gasteiger partial charge in [-0.2, -0.15) is 0 Å². The quantitative estimate of drug-likeness (QED) is 0.304. The normalized spacial score (nSPS) is 11.1. The monoisotopic (exact) mass is 486 g/mol. The number of aliphatic carboxylic acids is 1. The molecule has 0 bridgehead atoms. The van der Waals surface area contributed by atoms with Crippen molar-refractivity contribution in [3.05, 3.63) is 76.1 Å². The number of hydrogen-bond donors (Lipinski definition) is 2. The van der Waals surface area contributed by atoms with Gasteiger partial charge in [0, 0.05) is 18.4 Å². The second-order valence-corrected chi connectivity index (χ2v) is 9.36. The second-order valence-electron chi connectivity index (χ2n) is 7.34. The van der Waals surface area contributed by atoms with E-state index in [1.165, 1.54) is 6.07 Å². The zero-order valence-corrected chi connectivity index (χ0v) is 19.0. The molecule has 3 aromatic rings. The number of sulfone groups is 1. The molecule has 2 aromatic carbocycles. The van der Waals surface area contributed by atoms with Crippen LogP contribution in [0.4, 0.5) is 17.3 Å². The summed E-state index contributed by atoms with van der Waals surface area (Å²) in [4.78, 5) is 29.9. The molecule has 1 aromatic heterocycles. The molecule has 2 N–H and O–H groups in total. The first-order chi connectivity index (χ1) is 16.1. The predicted octanol–water partition coefficient (Wildman–Crippen LogP) is 3.17. The Morgan fingerprint density at radius 1 is 1.18 bits per heavy atom. The van der Waals surface area contributed by atoms with Crippen molar-refractivity contribution in [3.63, 3.8) is 0 Å². The molecule has 11 nitrogen and oxygen atoms in total.